The molecule has 18 heteroatoms. The van der Waals surface area contributed by atoms with Crippen molar-refractivity contribution in [2.24, 2.45) is 0 Å². The number of aryl methyl sites for hydroxylation is 1. The standard InChI is InChI=1S/C46H47Cl2N11O4S/c47-35-24-33(40(48)41-34(35)25-59(54-41)43(45(63)53-46-49-15-23-64-46)42-37-2-1-16-58(37)27-50-42)30-5-9-32(10-6-30)56-19-21-57(22-20-56)39(61)26-55-17-13-29(14-18-55)28-3-7-31(8-4-28)51-36-11-12-38(60)52-44(36)62/h3-10,15,23-25,27,29,36,43,51H,1-2,11-14,16-22,26H2,(H,49,53,63)(H,52,60,62)/t36-,43-/m1/s1. The number of piperazine rings is 1. The van der Waals surface area contributed by atoms with Gasteiger partial charge in [0.25, 0.3) is 5.91 Å². The molecule has 2 atom stereocenters. The number of carbonyl (C=O) groups is 4. The van der Waals surface area contributed by atoms with Gasteiger partial charge in [0.2, 0.25) is 17.7 Å². The average Bonchev–Trinajstić information content (AvgIpc) is 4.15. The maximum atomic E-state index is 13.9. The fourth-order valence-corrected chi connectivity index (χ4v) is 10.6. The summed E-state index contributed by atoms with van der Waals surface area (Å²) in [4.78, 5) is 66.4. The van der Waals surface area contributed by atoms with E-state index in [9.17, 15) is 19.2 Å². The lowest BCUT2D eigenvalue weighted by Gasteiger charge is -2.38. The molecule has 0 radical (unpaired) electrons. The summed E-state index contributed by atoms with van der Waals surface area (Å²) >= 11 is 15.4. The van der Waals surface area contributed by atoms with Crippen molar-refractivity contribution in [2.75, 3.05) is 61.3 Å². The number of piperidine rings is 2. The first kappa shape index (κ1) is 42.2. The minimum Gasteiger partial charge on any atom is -0.374 e. The predicted molar refractivity (Wildman–Crippen MR) is 248 cm³/mol. The maximum Gasteiger partial charge on any atom is 0.257 e. The van der Waals surface area contributed by atoms with Crippen LogP contribution in [0.3, 0.4) is 0 Å². The molecule has 3 N–H and O–H groups in total. The molecule has 3 fully saturated rings. The summed E-state index contributed by atoms with van der Waals surface area (Å²) in [5, 5.41) is 17.3. The van der Waals surface area contributed by atoms with Crippen molar-refractivity contribution < 1.29 is 19.2 Å². The number of hydrogen-bond donors (Lipinski definition) is 3. The number of rotatable bonds is 11. The van der Waals surface area contributed by atoms with E-state index in [4.69, 9.17) is 28.3 Å². The number of imide groups is 1. The highest BCUT2D eigenvalue weighted by atomic mass is 35.5. The van der Waals surface area contributed by atoms with Gasteiger partial charge < -0.3 is 19.7 Å². The van der Waals surface area contributed by atoms with Crippen LogP contribution in [0, 0.1) is 0 Å². The number of amides is 4. The van der Waals surface area contributed by atoms with Gasteiger partial charge in [-0.2, -0.15) is 5.10 Å². The van der Waals surface area contributed by atoms with Gasteiger partial charge in [0.05, 0.1) is 28.6 Å². The number of aromatic nitrogens is 5. The topological polar surface area (TPSA) is 163 Å². The second-order valence-electron chi connectivity index (χ2n) is 16.9. The highest BCUT2D eigenvalue weighted by Gasteiger charge is 2.33. The van der Waals surface area contributed by atoms with E-state index in [-0.39, 0.29) is 23.6 Å². The summed E-state index contributed by atoms with van der Waals surface area (Å²) in [6.07, 6.45) is 9.80. The van der Waals surface area contributed by atoms with Gasteiger partial charge in [-0.3, -0.25) is 39.4 Å². The highest BCUT2D eigenvalue weighted by molar-refractivity contribution is 7.13. The normalized spacial score (nSPS) is 18.9. The molecule has 4 aliphatic heterocycles. The fraction of sp³-hybridized carbons (Fsp3) is 0.370. The van der Waals surface area contributed by atoms with Gasteiger partial charge in [0.15, 0.2) is 11.2 Å². The van der Waals surface area contributed by atoms with Crippen LogP contribution in [-0.4, -0.2) is 110 Å². The Bertz CT molecular complexity index is 2710. The molecule has 7 heterocycles. The molecule has 10 rings (SSSR count). The minimum absolute atomic E-state index is 0.168. The number of benzene rings is 3. The number of nitrogens with one attached hydrogen (secondary N) is 3. The Morgan fingerprint density at radius 1 is 0.906 bits per heavy atom. The van der Waals surface area contributed by atoms with Gasteiger partial charge in [0.1, 0.15) is 11.6 Å². The number of halogens is 2. The summed E-state index contributed by atoms with van der Waals surface area (Å²) in [5.41, 5.74) is 6.96. The molecule has 3 saturated heterocycles. The number of nitrogens with zero attached hydrogens (tertiary/aromatic N) is 8. The molecule has 0 bridgehead atoms. The van der Waals surface area contributed by atoms with E-state index < -0.39 is 12.1 Å². The zero-order valence-corrected chi connectivity index (χ0v) is 37.3. The van der Waals surface area contributed by atoms with Crippen molar-refractivity contribution in [1.82, 2.24) is 39.4 Å². The number of anilines is 3. The van der Waals surface area contributed by atoms with E-state index in [1.165, 1.54) is 16.9 Å². The molecular weight excluding hydrogens is 874 g/mol. The van der Waals surface area contributed by atoms with Crippen LogP contribution in [0.5, 0.6) is 0 Å². The first-order valence-electron chi connectivity index (χ1n) is 21.8. The zero-order valence-electron chi connectivity index (χ0n) is 35.0. The molecule has 15 nitrogen and oxygen atoms in total. The number of thiazole rings is 1. The zero-order chi connectivity index (χ0) is 43.9. The van der Waals surface area contributed by atoms with Gasteiger partial charge in [-0.1, -0.05) is 47.5 Å². The quantitative estimate of drug-likeness (QED) is 0.121. The summed E-state index contributed by atoms with van der Waals surface area (Å²) in [7, 11) is 0. The Morgan fingerprint density at radius 3 is 2.42 bits per heavy atom. The van der Waals surface area contributed by atoms with E-state index >= 15 is 0 Å². The van der Waals surface area contributed by atoms with E-state index in [0.717, 1.165) is 86.6 Å². The Hall–Kier alpha value is -5.81. The molecule has 0 aliphatic carbocycles. The second kappa shape index (κ2) is 18.0. The molecule has 0 spiro atoms. The van der Waals surface area contributed by atoms with Crippen LogP contribution in [0.1, 0.15) is 61.0 Å². The maximum absolute atomic E-state index is 13.9. The molecule has 0 saturated carbocycles. The van der Waals surface area contributed by atoms with Gasteiger partial charge in [0, 0.05) is 84.9 Å². The van der Waals surface area contributed by atoms with Crippen LogP contribution in [0.25, 0.3) is 22.0 Å². The van der Waals surface area contributed by atoms with Gasteiger partial charge in [-0.25, -0.2) is 9.97 Å². The summed E-state index contributed by atoms with van der Waals surface area (Å²) in [6.45, 7) is 5.78. The molecular formula is C46H47Cl2N11O4S. The van der Waals surface area contributed by atoms with Crippen molar-refractivity contribution in [3.8, 4) is 11.1 Å². The summed E-state index contributed by atoms with van der Waals surface area (Å²) in [6, 6.07) is 17.0. The second-order valence-corrected chi connectivity index (χ2v) is 18.6. The van der Waals surface area contributed by atoms with Gasteiger partial charge in [-0.15, -0.1) is 11.3 Å². The predicted octanol–water partition coefficient (Wildman–Crippen LogP) is 6.58. The molecule has 4 aliphatic rings. The molecule has 6 aromatic rings. The number of hydrogen-bond acceptors (Lipinski definition) is 11. The molecule has 4 amide bonds. The van der Waals surface area contributed by atoms with Crippen molar-refractivity contribution in [3.63, 3.8) is 0 Å². The van der Waals surface area contributed by atoms with Crippen molar-refractivity contribution in [3.05, 3.63) is 106 Å². The Morgan fingerprint density at radius 2 is 1.69 bits per heavy atom. The number of imidazole rings is 1. The summed E-state index contributed by atoms with van der Waals surface area (Å²) in [5.74, 6) is -0.212. The number of likely N-dealkylation sites (tertiary alicyclic amines) is 1. The Balaban J connectivity index is 0.742. The van der Waals surface area contributed by atoms with E-state index in [1.807, 2.05) is 40.6 Å². The van der Waals surface area contributed by atoms with Crippen LogP contribution in [0.15, 0.2) is 78.7 Å². The monoisotopic (exact) mass is 919 g/mol. The number of fused-ring (bicyclic) bond motifs is 2. The largest absolute Gasteiger partial charge is 0.374 e. The lowest BCUT2D eigenvalue weighted by molar-refractivity contribution is -0.134. The first-order valence-corrected chi connectivity index (χ1v) is 23.5. The molecule has 64 heavy (non-hydrogen) atoms. The SMILES string of the molecule is O=C1CC[C@@H](Nc2ccc(C3CCN(CC(=O)N4CCN(c5ccc(-c6cc(Cl)c7cn([C@@H](C(=O)Nc8nccs8)c8ncn9c8CCC9)nc7c6Cl)cc5)CC4)CC3)cc2)C(=O)N1. The third-order valence-electron chi connectivity index (χ3n) is 13.0. The van der Waals surface area contributed by atoms with Crippen LogP contribution >= 0.6 is 34.5 Å². The Labute approximate surface area is 383 Å². The summed E-state index contributed by atoms with van der Waals surface area (Å²) < 4.78 is 3.70. The fourth-order valence-electron chi connectivity index (χ4n) is 9.49. The van der Waals surface area contributed by atoms with Crippen LogP contribution < -0.4 is 20.9 Å². The number of carbonyl (C=O) groups excluding carboxylic acids is 4. The highest BCUT2D eigenvalue weighted by Crippen LogP contribution is 2.40. The third-order valence-corrected chi connectivity index (χ3v) is 14.4. The lowest BCUT2D eigenvalue weighted by Crippen LogP contribution is -2.51. The van der Waals surface area contributed by atoms with E-state index in [2.05, 4.69) is 64.6 Å². The molecule has 330 valence electrons. The Kier molecular flexibility index (Phi) is 11.8. The average molecular weight is 921 g/mol. The first-order chi connectivity index (χ1) is 31.1. The molecule has 3 aromatic heterocycles. The van der Waals surface area contributed by atoms with E-state index in [0.29, 0.717) is 70.2 Å². The smallest absolute Gasteiger partial charge is 0.257 e. The van der Waals surface area contributed by atoms with Crippen LogP contribution in [0.2, 0.25) is 10.0 Å². The van der Waals surface area contributed by atoms with Crippen LogP contribution in [0.4, 0.5) is 16.5 Å². The van der Waals surface area contributed by atoms with Gasteiger partial charge >= 0.3 is 0 Å². The van der Waals surface area contributed by atoms with Crippen molar-refractivity contribution in [2.45, 2.75) is 63.1 Å². The minimum atomic E-state index is -0.857. The van der Waals surface area contributed by atoms with Gasteiger partial charge in [-0.05, 0) is 92.6 Å². The lowest BCUT2D eigenvalue weighted by atomic mass is 9.89. The van der Waals surface area contributed by atoms with Crippen LogP contribution in [-0.2, 0) is 32.1 Å². The van der Waals surface area contributed by atoms with Crippen molar-refractivity contribution >= 4 is 85.6 Å². The van der Waals surface area contributed by atoms with E-state index in [1.54, 1.807) is 23.4 Å². The van der Waals surface area contributed by atoms with Crippen molar-refractivity contribution in [1.29, 1.82) is 0 Å². The molecule has 0 unspecified atom stereocenters. The molecule has 3 aromatic carbocycles. The third kappa shape index (κ3) is 8.59.